The summed E-state index contributed by atoms with van der Waals surface area (Å²) in [6, 6.07) is 14.8. The Morgan fingerprint density at radius 3 is 1.22 bits per heavy atom. The first kappa shape index (κ1) is 17.2. The highest BCUT2D eigenvalue weighted by Crippen LogP contribution is 2.22. The van der Waals surface area contributed by atoms with E-state index in [1.54, 1.807) is 12.1 Å². The molecule has 0 aliphatic heterocycles. The van der Waals surface area contributed by atoms with Gasteiger partial charge >= 0.3 is 20.6 Å². The molecule has 2 aromatic carbocycles. The molecular formula is C13H14N2O6S2. The van der Waals surface area contributed by atoms with E-state index < -0.39 is 27.3 Å². The second-order valence-electron chi connectivity index (χ2n) is 4.47. The fraction of sp³-hybridized carbons (Fsp3) is 0.0769. The number of benzene rings is 2. The molecule has 0 atom stereocenters. The maximum absolute atomic E-state index is 11.6. The van der Waals surface area contributed by atoms with Crippen LogP contribution in [0.1, 0.15) is 0 Å². The van der Waals surface area contributed by atoms with E-state index in [2.05, 4.69) is 0 Å². The van der Waals surface area contributed by atoms with Gasteiger partial charge in [-0.15, -0.1) is 0 Å². The first-order valence-corrected chi connectivity index (χ1v) is 9.09. The van der Waals surface area contributed by atoms with Crippen molar-refractivity contribution in [1.29, 1.82) is 0 Å². The van der Waals surface area contributed by atoms with Crippen molar-refractivity contribution in [2.75, 3.05) is 15.3 Å². The van der Waals surface area contributed by atoms with Gasteiger partial charge in [0.15, 0.2) is 0 Å². The van der Waals surface area contributed by atoms with Gasteiger partial charge in [-0.1, -0.05) is 36.4 Å². The fourth-order valence-corrected chi connectivity index (χ4v) is 3.25. The van der Waals surface area contributed by atoms with Crippen LogP contribution in [0.4, 0.5) is 11.4 Å². The lowest BCUT2D eigenvalue weighted by Gasteiger charge is -2.28. The zero-order valence-corrected chi connectivity index (χ0v) is 13.4. The minimum absolute atomic E-state index is 0.0413. The van der Waals surface area contributed by atoms with E-state index in [0.717, 1.165) is 0 Å². The van der Waals surface area contributed by atoms with Gasteiger partial charge in [-0.25, -0.2) is 8.61 Å². The number of rotatable bonds is 6. The van der Waals surface area contributed by atoms with Crippen LogP contribution in [0.5, 0.6) is 0 Å². The van der Waals surface area contributed by atoms with Crippen LogP contribution in [-0.4, -0.2) is 32.6 Å². The maximum Gasteiger partial charge on any atom is 0.361 e. The van der Waals surface area contributed by atoms with E-state index in [-0.39, 0.29) is 11.4 Å². The van der Waals surface area contributed by atoms with Crippen molar-refractivity contribution in [2.45, 2.75) is 0 Å². The molecule has 0 bridgehead atoms. The van der Waals surface area contributed by atoms with Crippen molar-refractivity contribution in [1.82, 2.24) is 0 Å². The van der Waals surface area contributed by atoms with E-state index >= 15 is 0 Å². The van der Waals surface area contributed by atoms with Crippen LogP contribution >= 0.6 is 0 Å². The Hall–Kier alpha value is -2.14. The summed E-state index contributed by atoms with van der Waals surface area (Å²) in [5.74, 6) is 0. The van der Waals surface area contributed by atoms with Crippen LogP contribution in [0.25, 0.3) is 0 Å². The van der Waals surface area contributed by atoms with Crippen molar-refractivity contribution in [3.05, 3.63) is 60.7 Å². The second-order valence-corrected chi connectivity index (χ2v) is 7.14. The maximum atomic E-state index is 11.6. The molecule has 10 heteroatoms. The number of anilines is 2. The van der Waals surface area contributed by atoms with Gasteiger partial charge in [0.2, 0.25) is 0 Å². The smallest absolute Gasteiger partial charge is 0.269 e. The standard InChI is InChI=1S/C13H14N2O6S2/c16-22(17,18)14(12-7-3-1-4-8-12)11-15(23(19,20)21)13-9-5-2-6-10-13/h1-10H,11H2,(H,16,17,18)(H,19,20,21). The summed E-state index contributed by atoms with van der Waals surface area (Å²) >= 11 is 0. The average molecular weight is 358 g/mol. The number of para-hydroxylation sites is 2. The highest BCUT2D eigenvalue weighted by atomic mass is 32.2. The predicted octanol–water partition coefficient (Wildman–Crippen LogP) is 1.56. The SMILES string of the molecule is O=S(=O)(O)N(CN(c1ccccc1)S(=O)(=O)O)c1ccccc1. The third-order valence-electron chi connectivity index (χ3n) is 2.90. The number of nitrogens with zero attached hydrogens (tertiary/aromatic N) is 2. The van der Waals surface area contributed by atoms with Crippen LogP contribution in [0, 0.1) is 0 Å². The van der Waals surface area contributed by atoms with E-state index in [0.29, 0.717) is 8.61 Å². The Kier molecular flexibility index (Phi) is 4.90. The molecule has 0 heterocycles. The Morgan fingerprint density at radius 1 is 0.652 bits per heavy atom. The van der Waals surface area contributed by atoms with E-state index in [4.69, 9.17) is 0 Å². The predicted molar refractivity (Wildman–Crippen MR) is 85.8 cm³/mol. The lowest BCUT2D eigenvalue weighted by atomic mass is 10.3. The molecule has 8 nitrogen and oxygen atoms in total. The Morgan fingerprint density at radius 2 is 0.957 bits per heavy atom. The fourth-order valence-electron chi connectivity index (χ4n) is 1.88. The summed E-state index contributed by atoms with van der Waals surface area (Å²) in [5.41, 5.74) is 0.0826. The van der Waals surface area contributed by atoms with Crippen LogP contribution in [-0.2, 0) is 20.6 Å². The zero-order valence-electron chi connectivity index (χ0n) is 11.7. The quantitative estimate of drug-likeness (QED) is 0.598. The molecule has 0 aliphatic rings. The van der Waals surface area contributed by atoms with E-state index in [1.807, 2.05) is 0 Å². The third kappa shape index (κ3) is 4.42. The molecule has 2 aromatic rings. The van der Waals surface area contributed by atoms with Gasteiger partial charge in [0.05, 0.1) is 11.4 Å². The van der Waals surface area contributed by atoms with Gasteiger partial charge in [0, 0.05) is 0 Å². The van der Waals surface area contributed by atoms with Crippen LogP contribution in [0.3, 0.4) is 0 Å². The highest BCUT2D eigenvalue weighted by molar-refractivity contribution is 7.88. The molecule has 124 valence electrons. The summed E-state index contributed by atoms with van der Waals surface area (Å²) in [4.78, 5) is 0. The molecule has 0 aliphatic carbocycles. The van der Waals surface area contributed by atoms with Crippen LogP contribution < -0.4 is 8.61 Å². The summed E-state index contributed by atoms with van der Waals surface area (Å²) in [5, 5.41) is 0. The van der Waals surface area contributed by atoms with Crippen LogP contribution in [0.15, 0.2) is 60.7 Å². The minimum atomic E-state index is -4.77. The number of hydrogen-bond acceptors (Lipinski definition) is 4. The molecule has 0 radical (unpaired) electrons. The molecule has 2 rings (SSSR count). The average Bonchev–Trinajstić information content (AvgIpc) is 2.47. The molecule has 0 aromatic heterocycles. The summed E-state index contributed by atoms with van der Waals surface area (Å²) < 4.78 is 66.1. The van der Waals surface area contributed by atoms with Gasteiger partial charge in [-0.05, 0) is 24.3 Å². The largest absolute Gasteiger partial charge is 0.361 e. The lowest BCUT2D eigenvalue weighted by Crippen LogP contribution is -2.44. The molecular weight excluding hydrogens is 344 g/mol. The summed E-state index contributed by atoms with van der Waals surface area (Å²) in [6.45, 7) is -0.828. The lowest BCUT2D eigenvalue weighted by molar-refractivity contribution is 0.472. The molecule has 0 unspecified atom stereocenters. The minimum Gasteiger partial charge on any atom is -0.269 e. The summed E-state index contributed by atoms with van der Waals surface area (Å²) in [6.07, 6.45) is 0. The van der Waals surface area contributed by atoms with E-state index in [9.17, 15) is 25.9 Å². The van der Waals surface area contributed by atoms with Crippen molar-refractivity contribution >= 4 is 32.0 Å². The van der Waals surface area contributed by atoms with Gasteiger partial charge in [-0.2, -0.15) is 16.8 Å². The Bertz CT molecular complexity index is 780. The molecule has 0 saturated carbocycles. The van der Waals surface area contributed by atoms with Crippen molar-refractivity contribution in [3.63, 3.8) is 0 Å². The monoisotopic (exact) mass is 358 g/mol. The Balaban J connectivity index is 2.48. The second kappa shape index (κ2) is 6.54. The third-order valence-corrected chi connectivity index (χ3v) is 4.67. The first-order valence-electron chi connectivity index (χ1n) is 6.30. The topological polar surface area (TPSA) is 115 Å². The molecule has 2 N–H and O–H groups in total. The molecule has 0 saturated heterocycles. The molecule has 0 fully saturated rings. The van der Waals surface area contributed by atoms with Crippen molar-refractivity contribution in [2.24, 2.45) is 0 Å². The van der Waals surface area contributed by atoms with E-state index in [1.165, 1.54) is 48.5 Å². The number of hydrogen-bond donors (Lipinski definition) is 2. The Labute approximate surface area is 134 Å². The molecule has 0 amide bonds. The molecule has 23 heavy (non-hydrogen) atoms. The van der Waals surface area contributed by atoms with Crippen molar-refractivity contribution < 1.29 is 25.9 Å². The van der Waals surface area contributed by atoms with Crippen molar-refractivity contribution in [3.8, 4) is 0 Å². The van der Waals surface area contributed by atoms with Crippen LogP contribution in [0.2, 0.25) is 0 Å². The van der Waals surface area contributed by atoms with Gasteiger partial charge < -0.3 is 0 Å². The highest BCUT2D eigenvalue weighted by Gasteiger charge is 2.28. The first-order chi connectivity index (χ1) is 10.7. The normalized spacial score (nSPS) is 11.9. The molecule has 0 spiro atoms. The van der Waals surface area contributed by atoms with Gasteiger partial charge in [0.1, 0.15) is 6.67 Å². The van der Waals surface area contributed by atoms with Gasteiger partial charge in [-0.3, -0.25) is 9.11 Å². The summed E-state index contributed by atoms with van der Waals surface area (Å²) in [7, 11) is -9.53. The van der Waals surface area contributed by atoms with Gasteiger partial charge in [0.25, 0.3) is 0 Å². The zero-order chi connectivity index (χ0) is 17.1.